The van der Waals surface area contributed by atoms with Crippen molar-refractivity contribution in [1.29, 1.82) is 5.26 Å². The maximum Gasteiger partial charge on any atom is 0.140 e. The summed E-state index contributed by atoms with van der Waals surface area (Å²) in [4.78, 5) is 6.33. The lowest BCUT2D eigenvalue weighted by molar-refractivity contribution is 0.785. The van der Waals surface area contributed by atoms with Gasteiger partial charge in [0.05, 0.1) is 11.9 Å². The molecule has 3 heteroatoms. The van der Waals surface area contributed by atoms with E-state index in [9.17, 15) is 0 Å². The predicted molar refractivity (Wildman–Crippen MR) is 59.5 cm³/mol. The molecule has 76 valence electrons. The second-order valence-corrected chi connectivity index (χ2v) is 3.76. The summed E-state index contributed by atoms with van der Waals surface area (Å²) in [6, 6.07) is 5.75. The fourth-order valence-corrected chi connectivity index (χ4v) is 1.64. The van der Waals surface area contributed by atoms with Gasteiger partial charge in [-0.1, -0.05) is 11.6 Å². The minimum atomic E-state index is 0.475. The fourth-order valence-electron chi connectivity index (χ4n) is 1.64. The van der Waals surface area contributed by atoms with E-state index >= 15 is 0 Å². The number of rotatable bonds is 1. The lowest BCUT2D eigenvalue weighted by Gasteiger charge is -2.27. The summed E-state index contributed by atoms with van der Waals surface area (Å²) in [5, 5.41) is 8.64. The van der Waals surface area contributed by atoms with Crippen LogP contribution in [0.25, 0.3) is 0 Å². The lowest BCUT2D eigenvalue weighted by atomic mass is 10.1. The van der Waals surface area contributed by atoms with E-state index in [4.69, 9.17) is 5.26 Å². The molecule has 0 bridgehead atoms. The van der Waals surface area contributed by atoms with E-state index in [1.165, 1.54) is 5.57 Å². The minimum Gasteiger partial charge on any atom is -0.366 e. The van der Waals surface area contributed by atoms with Crippen LogP contribution in [0, 0.1) is 11.3 Å². The Hall–Kier alpha value is -1.82. The molecule has 0 N–H and O–H groups in total. The number of hydrogen-bond acceptors (Lipinski definition) is 3. The molecule has 0 atom stereocenters. The molecule has 0 saturated carbocycles. The number of aromatic nitrogens is 1. The van der Waals surface area contributed by atoms with Crippen LogP contribution in [0.1, 0.15) is 19.0 Å². The molecule has 0 unspecified atom stereocenters. The van der Waals surface area contributed by atoms with Gasteiger partial charge >= 0.3 is 0 Å². The molecule has 2 heterocycles. The van der Waals surface area contributed by atoms with Crippen LogP contribution >= 0.6 is 0 Å². The van der Waals surface area contributed by atoms with Crippen molar-refractivity contribution in [3.05, 3.63) is 35.7 Å². The monoisotopic (exact) mass is 199 g/mol. The Bertz CT molecular complexity index is 411. The zero-order chi connectivity index (χ0) is 10.7. The van der Waals surface area contributed by atoms with Crippen molar-refractivity contribution in [1.82, 2.24) is 4.98 Å². The predicted octanol–water partition coefficient (Wildman–Crippen LogP) is 2.11. The Balaban J connectivity index is 2.14. The van der Waals surface area contributed by atoms with Gasteiger partial charge in [0.15, 0.2) is 0 Å². The SMILES string of the molecule is CC1=CCN(c2ccc(C#N)nc2)CC1. The molecule has 1 aromatic rings. The highest BCUT2D eigenvalue weighted by molar-refractivity contribution is 5.47. The van der Waals surface area contributed by atoms with Gasteiger partial charge in [-0.05, 0) is 25.5 Å². The van der Waals surface area contributed by atoms with E-state index in [2.05, 4.69) is 22.9 Å². The van der Waals surface area contributed by atoms with Crippen LogP contribution in [0.15, 0.2) is 30.0 Å². The molecule has 3 nitrogen and oxygen atoms in total. The van der Waals surface area contributed by atoms with Crippen LogP contribution in [-0.4, -0.2) is 18.1 Å². The molecular weight excluding hydrogens is 186 g/mol. The van der Waals surface area contributed by atoms with Gasteiger partial charge in [-0.15, -0.1) is 0 Å². The van der Waals surface area contributed by atoms with Gasteiger partial charge in [0.1, 0.15) is 11.8 Å². The van der Waals surface area contributed by atoms with Crippen LogP contribution < -0.4 is 4.90 Å². The summed E-state index contributed by atoms with van der Waals surface area (Å²) in [5.41, 5.74) is 3.02. The van der Waals surface area contributed by atoms with Gasteiger partial charge in [-0.2, -0.15) is 5.26 Å². The fraction of sp³-hybridized carbons (Fsp3) is 0.333. The van der Waals surface area contributed by atoms with Gasteiger partial charge in [0.25, 0.3) is 0 Å². The summed E-state index contributed by atoms with van der Waals surface area (Å²) in [6.07, 6.45) is 5.12. The van der Waals surface area contributed by atoms with Gasteiger partial charge in [0.2, 0.25) is 0 Å². The summed E-state index contributed by atoms with van der Waals surface area (Å²) < 4.78 is 0. The Morgan fingerprint density at radius 2 is 2.33 bits per heavy atom. The van der Waals surface area contributed by atoms with Crippen molar-refractivity contribution in [2.45, 2.75) is 13.3 Å². The third-order valence-corrected chi connectivity index (χ3v) is 2.66. The van der Waals surface area contributed by atoms with Crippen molar-refractivity contribution in [3.63, 3.8) is 0 Å². The first-order valence-electron chi connectivity index (χ1n) is 5.06. The summed E-state index contributed by atoms with van der Waals surface area (Å²) >= 11 is 0. The lowest BCUT2D eigenvalue weighted by Crippen LogP contribution is -2.28. The average molecular weight is 199 g/mol. The highest BCUT2D eigenvalue weighted by Crippen LogP contribution is 2.18. The van der Waals surface area contributed by atoms with Crippen LogP contribution in [0.2, 0.25) is 0 Å². The third kappa shape index (κ3) is 2.16. The number of anilines is 1. The molecule has 0 spiro atoms. The van der Waals surface area contributed by atoms with Crippen molar-refractivity contribution < 1.29 is 0 Å². The second-order valence-electron chi connectivity index (χ2n) is 3.76. The van der Waals surface area contributed by atoms with Crippen LogP contribution in [0.5, 0.6) is 0 Å². The Morgan fingerprint density at radius 1 is 1.47 bits per heavy atom. The summed E-state index contributed by atoms with van der Waals surface area (Å²) in [7, 11) is 0. The molecule has 1 aromatic heterocycles. The smallest absolute Gasteiger partial charge is 0.140 e. The largest absolute Gasteiger partial charge is 0.366 e. The van der Waals surface area contributed by atoms with E-state index in [1.807, 2.05) is 12.1 Å². The first kappa shape index (κ1) is 9.72. The standard InChI is InChI=1S/C12H13N3/c1-10-4-6-15(7-5-10)12-3-2-11(8-13)14-9-12/h2-4,9H,5-7H2,1H3. The Morgan fingerprint density at radius 3 is 2.87 bits per heavy atom. The molecule has 0 fully saturated rings. The average Bonchev–Trinajstić information content (AvgIpc) is 2.30. The normalized spacial score (nSPS) is 15.7. The topological polar surface area (TPSA) is 39.9 Å². The van der Waals surface area contributed by atoms with Crippen molar-refractivity contribution in [3.8, 4) is 6.07 Å². The number of pyridine rings is 1. The zero-order valence-electron chi connectivity index (χ0n) is 8.77. The van der Waals surface area contributed by atoms with E-state index in [1.54, 1.807) is 12.3 Å². The molecule has 15 heavy (non-hydrogen) atoms. The molecule has 0 amide bonds. The van der Waals surface area contributed by atoms with Gasteiger partial charge < -0.3 is 4.90 Å². The van der Waals surface area contributed by atoms with Gasteiger partial charge in [0, 0.05) is 13.1 Å². The highest BCUT2D eigenvalue weighted by atomic mass is 15.1. The zero-order valence-corrected chi connectivity index (χ0v) is 8.77. The van der Waals surface area contributed by atoms with Gasteiger partial charge in [-0.25, -0.2) is 4.98 Å². The van der Waals surface area contributed by atoms with Crippen LogP contribution in [-0.2, 0) is 0 Å². The molecule has 0 aromatic carbocycles. The number of nitriles is 1. The Kier molecular flexibility index (Phi) is 2.68. The van der Waals surface area contributed by atoms with Crippen LogP contribution in [0.3, 0.4) is 0 Å². The number of nitrogens with zero attached hydrogens (tertiary/aromatic N) is 3. The quantitative estimate of drug-likeness (QED) is 0.650. The summed E-state index contributed by atoms with van der Waals surface area (Å²) in [6.45, 7) is 4.14. The van der Waals surface area contributed by atoms with Crippen molar-refractivity contribution in [2.75, 3.05) is 18.0 Å². The molecule has 1 aliphatic rings. The van der Waals surface area contributed by atoms with E-state index < -0.39 is 0 Å². The molecule has 0 radical (unpaired) electrons. The van der Waals surface area contributed by atoms with Crippen molar-refractivity contribution in [2.24, 2.45) is 0 Å². The molecular formula is C12H13N3. The third-order valence-electron chi connectivity index (χ3n) is 2.66. The second kappa shape index (κ2) is 4.14. The van der Waals surface area contributed by atoms with E-state index in [0.29, 0.717) is 5.69 Å². The Labute approximate surface area is 89.7 Å². The molecule has 2 rings (SSSR count). The van der Waals surface area contributed by atoms with E-state index in [-0.39, 0.29) is 0 Å². The first-order chi connectivity index (χ1) is 7.29. The molecule has 1 aliphatic heterocycles. The molecule has 0 saturated heterocycles. The first-order valence-corrected chi connectivity index (χ1v) is 5.06. The molecule has 0 aliphatic carbocycles. The number of hydrogen-bond donors (Lipinski definition) is 0. The highest BCUT2D eigenvalue weighted by Gasteiger charge is 2.09. The van der Waals surface area contributed by atoms with Crippen LogP contribution in [0.4, 0.5) is 5.69 Å². The van der Waals surface area contributed by atoms with Gasteiger partial charge in [-0.3, -0.25) is 0 Å². The maximum atomic E-state index is 8.64. The van der Waals surface area contributed by atoms with Crippen molar-refractivity contribution >= 4 is 5.69 Å². The minimum absolute atomic E-state index is 0.475. The maximum absolute atomic E-state index is 8.64. The summed E-state index contributed by atoms with van der Waals surface area (Å²) in [5.74, 6) is 0. The van der Waals surface area contributed by atoms with E-state index in [0.717, 1.165) is 25.2 Å².